The van der Waals surface area contributed by atoms with E-state index in [-0.39, 0.29) is 12.0 Å². The van der Waals surface area contributed by atoms with Gasteiger partial charge in [0.05, 0.1) is 18.8 Å². The van der Waals surface area contributed by atoms with Crippen molar-refractivity contribution in [3.63, 3.8) is 0 Å². The van der Waals surface area contributed by atoms with Crippen LogP contribution in [0.3, 0.4) is 0 Å². The minimum absolute atomic E-state index is 0.155. The third kappa shape index (κ3) is 3.77. The molecule has 2 rings (SSSR count). The number of aliphatic hydroxyl groups is 1. The monoisotopic (exact) mass is 283 g/mol. The van der Waals surface area contributed by atoms with Crippen LogP contribution in [0, 0.1) is 0 Å². The molecule has 1 N–H and O–H groups in total. The van der Waals surface area contributed by atoms with Gasteiger partial charge < -0.3 is 14.4 Å². The van der Waals surface area contributed by atoms with Gasteiger partial charge in [0.2, 0.25) is 5.89 Å². The van der Waals surface area contributed by atoms with E-state index in [1.165, 1.54) is 0 Å². The van der Waals surface area contributed by atoms with Crippen LogP contribution in [0.5, 0.6) is 0 Å². The van der Waals surface area contributed by atoms with Gasteiger partial charge in [-0.25, -0.2) is 0 Å². The second-order valence-corrected chi connectivity index (χ2v) is 5.61. The Hall–Kier alpha value is -0.980. The highest BCUT2D eigenvalue weighted by atomic mass is 16.5. The second kappa shape index (κ2) is 7.15. The van der Waals surface area contributed by atoms with Gasteiger partial charge in [0.25, 0.3) is 0 Å². The lowest BCUT2D eigenvalue weighted by Crippen LogP contribution is -2.35. The summed E-state index contributed by atoms with van der Waals surface area (Å²) in [6.07, 6.45) is 1.64. The highest BCUT2D eigenvalue weighted by molar-refractivity contribution is 5.00. The zero-order valence-electron chi connectivity index (χ0n) is 12.6. The molecular formula is C14H25N3O3. The summed E-state index contributed by atoms with van der Waals surface area (Å²) in [6.45, 7) is 8.56. The molecule has 20 heavy (non-hydrogen) atoms. The fourth-order valence-electron chi connectivity index (χ4n) is 2.53. The summed E-state index contributed by atoms with van der Waals surface area (Å²) in [6, 6.07) is 0.155. The third-order valence-corrected chi connectivity index (χ3v) is 3.57. The van der Waals surface area contributed by atoms with Gasteiger partial charge in [-0.05, 0) is 26.3 Å². The molecule has 0 saturated carbocycles. The largest absolute Gasteiger partial charge is 0.389 e. The highest BCUT2D eigenvalue weighted by Crippen LogP contribution is 2.30. The van der Waals surface area contributed by atoms with Gasteiger partial charge in [-0.15, -0.1) is 0 Å². The predicted octanol–water partition coefficient (Wildman–Crippen LogP) is 1.73. The summed E-state index contributed by atoms with van der Waals surface area (Å²) >= 11 is 0. The van der Waals surface area contributed by atoms with E-state index < -0.39 is 6.10 Å². The number of hydrogen-bond donors (Lipinski definition) is 1. The van der Waals surface area contributed by atoms with E-state index in [0.29, 0.717) is 25.6 Å². The first-order valence-electron chi connectivity index (χ1n) is 7.45. The average molecular weight is 283 g/mol. The summed E-state index contributed by atoms with van der Waals surface area (Å²) in [5.74, 6) is 1.67. The number of likely N-dealkylation sites (tertiary alicyclic amines) is 1. The van der Waals surface area contributed by atoms with Crippen LogP contribution in [0.25, 0.3) is 0 Å². The maximum Gasteiger partial charge on any atom is 0.229 e. The number of nitrogens with zero attached hydrogens (tertiary/aromatic N) is 3. The number of rotatable bonds is 7. The zero-order chi connectivity index (χ0) is 14.5. The van der Waals surface area contributed by atoms with Gasteiger partial charge in [-0.3, -0.25) is 4.90 Å². The highest BCUT2D eigenvalue weighted by Gasteiger charge is 2.31. The molecule has 0 radical (unpaired) electrons. The van der Waals surface area contributed by atoms with E-state index in [1.807, 2.05) is 20.8 Å². The number of ether oxygens (including phenoxy) is 1. The van der Waals surface area contributed by atoms with Crippen molar-refractivity contribution < 1.29 is 14.4 Å². The smallest absolute Gasteiger partial charge is 0.229 e. The average Bonchev–Trinajstić information content (AvgIpc) is 3.04. The van der Waals surface area contributed by atoms with Crippen LogP contribution >= 0.6 is 0 Å². The van der Waals surface area contributed by atoms with Crippen molar-refractivity contribution in [3.05, 3.63) is 11.7 Å². The minimum atomic E-state index is -0.466. The Labute approximate surface area is 120 Å². The molecule has 0 aliphatic carbocycles. The molecule has 2 atom stereocenters. The Bertz CT molecular complexity index is 408. The van der Waals surface area contributed by atoms with E-state index >= 15 is 0 Å². The maximum atomic E-state index is 9.97. The molecule has 1 aliphatic heterocycles. The van der Waals surface area contributed by atoms with E-state index in [0.717, 1.165) is 25.2 Å². The first-order valence-corrected chi connectivity index (χ1v) is 7.45. The molecule has 0 aromatic carbocycles. The van der Waals surface area contributed by atoms with E-state index in [4.69, 9.17) is 9.26 Å². The predicted molar refractivity (Wildman–Crippen MR) is 74.4 cm³/mol. The van der Waals surface area contributed by atoms with Crippen molar-refractivity contribution in [1.82, 2.24) is 15.0 Å². The SMILES string of the molecule is CCOC[C@@H](O)CN1CCC[C@@H]1c1noc(C(C)C)n1. The van der Waals surface area contributed by atoms with E-state index in [2.05, 4.69) is 15.0 Å². The Balaban J connectivity index is 1.95. The molecule has 1 aromatic rings. The van der Waals surface area contributed by atoms with Gasteiger partial charge in [0.1, 0.15) is 0 Å². The van der Waals surface area contributed by atoms with Crippen LogP contribution in [-0.2, 0) is 4.74 Å². The lowest BCUT2D eigenvalue weighted by molar-refractivity contribution is 0.0179. The molecule has 1 aliphatic rings. The number of aromatic nitrogens is 2. The van der Waals surface area contributed by atoms with Crippen molar-refractivity contribution in [2.75, 3.05) is 26.3 Å². The molecule has 1 aromatic heterocycles. The van der Waals surface area contributed by atoms with Crippen molar-refractivity contribution in [1.29, 1.82) is 0 Å². The maximum absolute atomic E-state index is 9.97. The lowest BCUT2D eigenvalue weighted by atomic mass is 10.2. The summed E-state index contributed by atoms with van der Waals surface area (Å²) < 4.78 is 10.5. The Morgan fingerprint density at radius 3 is 2.95 bits per heavy atom. The molecule has 0 amide bonds. The quantitative estimate of drug-likeness (QED) is 0.821. The van der Waals surface area contributed by atoms with Crippen molar-refractivity contribution in [3.8, 4) is 0 Å². The van der Waals surface area contributed by atoms with Crippen LogP contribution in [-0.4, -0.2) is 52.6 Å². The molecule has 6 heteroatoms. The summed E-state index contributed by atoms with van der Waals surface area (Å²) in [5, 5.41) is 14.1. The van der Waals surface area contributed by atoms with E-state index in [1.54, 1.807) is 0 Å². The minimum Gasteiger partial charge on any atom is -0.389 e. The molecule has 1 saturated heterocycles. The van der Waals surface area contributed by atoms with Crippen LogP contribution in [0.15, 0.2) is 4.52 Å². The Morgan fingerprint density at radius 2 is 2.30 bits per heavy atom. The van der Waals surface area contributed by atoms with Crippen molar-refractivity contribution in [2.45, 2.75) is 51.7 Å². The fourth-order valence-corrected chi connectivity index (χ4v) is 2.53. The Kier molecular flexibility index (Phi) is 5.51. The Morgan fingerprint density at radius 1 is 1.50 bits per heavy atom. The molecule has 0 spiro atoms. The molecule has 1 fully saturated rings. The van der Waals surface area contributed by atoms with Gasteiger partial charge in [0, 0.05) is 19.1 Å². The summed E-state index contributed by atoms with van der Waals surface area (Å²) in [4.78, 5) is 6.70. The number of β-amino-alcohol motifs (C(OH)–C–C–N with tert-alkyl or cyclic N) is 1. The van der Waals surface area contributed by atoms with Crippen LogP contribution < -0.4 is 0 Å². The normalized spacial score (nSPS) is 21.8. The third-order valence-electron chi connectivity index (χ3n) is 3.57. The molecule has 0 bridgehead atoms. The topological polar surface area (TPSA) is 71.6 Å². The number of hydrogen-bond acceptors (Lipinski definition) is 6. The molecule has 0 unspecified atom stereocenters. The molecule has 2 heterocycles. The van der Waals surface area contributed by atoms with Crippen LogP contribution in [0.2, 0.25) is 0 Å². The zero-order valence-corrected chi connectivity index (χ0v) is 12.6. The van der Waals surface area contributed by atoms with Gasteiger partial charge in [-0.2, -0.15) is 4.98 Å². The van der Waals surface area contributed by atoms with Crippen molar-refractivity contribution in [2.24, 2.45) is 0 Å². The summed E-state index contributed by atoms with van der Waals surface area (Å²) in [5.41, 5.74) is 0. The first kappa shape index (κ1) is 15.4. The van der Waals surface area contributed by atoms with Gasteiger partial charge in [0.15, 0.2) is 5.82 Å². The van der Waals surface area contributed by atoms with Crippen LogP contribution in [0.4, 0.5) is 0 Å². The molecule has 6 nitrogen and oxygen atoms in total. The summed E-state index contributed by atoms with van der Waals surface area (Å²) in [7, 11) is 0. The molecular weight excluding hydrogens is 258 g/mol. The lowest BCUT2D eigenvalue weighted by Gasteiger charge is -2.24. The first-order chi connectivity index (χ1) is 9.61. The standard InChI is InChI=1S/C14H25N3O3/c1-4-19-9-11(18)8-17-7-5-6-12(17)13-15-14(10(2)3)20-16-13/h10-12,18H,4-9H2,1-3H3/t11-,12+/m0/s1. The second-order valence-electron chi connectivity index (χ2n) is 5.61. The van der Waals surface area contributed by atoms with Gasteiger partial charge >= 0.3 is 0 Å². The van der Waals surface area contributed by atoms with Crippen molar-refractivity contribution >= 4 is 0 Å². The van der Waals surface area contributed by atoms with Crippen LogP contribution in [0.1, 0.15) is 57.3 Å². The molecule has 114 valence electrons. The van der Waals surface area contributed by atoms with E-state index in [9.17, 15) is 5.11 Å². The fraction of sp³-hybridized carbons (Fsp3) is 0.857. The van der Waals surface area contributed by atoms with Gasteiger partial charge in [-0.1, -0.05) is 19.0 Å². The number of aliphatic hydroxyl groups excluding tert-OH is 1.